The maximum Gasteiger partial charge on any atom is 0.266 e. The lowest BCUT2D eigenvalue weighted by molar-refractivity contribution is -0.112. The summed E-state index contributed by atoms with van der Waals surface area (Å²) in [5, 5.41) is 12.3. The fraction of sp³-hybridized carbons (Fsp3) is 0.120. The van der Waals surface area contributed by atoms with Gasteiger partial charge in [0.15, 0.2) is 0 Å². The highest BCUT2D eigenvalue weighted by Gasteiger charge is 2.13. The van der Waals surface area contributed by atoms with Crippen molar-refractivity contribution in [1.29, 1.82) is 5.26 Å². The van der Waals surface area contributed by atoms with E-state index < -0.39 is 5.91 Å². The molecule has 0 unspecified atom stereocenters. The van der Waals surface area contributed by atoms with Gasteiger partial charge in [-0.25, -0.2) is 4.39 Å². The molecule has 3 aromatic rings. The molecule has 0 saturated carbocycles. The Morgan fingerprint density at radius 2 is 1.75 bits per heavy atom. The third kappa shape index (κ3) is 6.06. The molecule has 4 nitrogen and oxygen atoms in total. The first kappa shape index (κ1) is 23.7. The van der Waals surface area contributed by atoms with E-state index in [9.17, 15) is 14.4 Å². The van der Waals surface area contributed by atoms with Gasteiger partial charge in [0.2, 0.25) is 0 Å². The number of nitriles is 1. The maximum absolute atomic E-state index is 13.1. The molecule has 0 aliphatic rings. The molecule has 0 heterocycles. The van der Waals surface area contributed by atoms with Crippen molar-refractivity contribution in [3.63, 3.8) is 0 Å². The van der Waals surface area contributed by atoms with Gasteiger partial charge in [-0.1, -0.05) is 29.8 Å². The van der Waals surface area contributed by atoms with Crippen molar-refractivity contribution in [3.05, 3.63) is 97.2 Å². The Kier molecular flexibility index (Phi) is 7.84. The van der Waals surface area contributed by atoms with Crippen molar-refractivity contribution < 1.29 is 13.9 Å². The Morgan fingerprint density at radius 1 is 1.09 bits per heavy atom. The van der Waals surface area contributed by atoms with Crippen LogP contribution in [0, 0.1) is 31.0 Å². The highest BCUT2D eigenvalue weighted by molar-refractivity contribution is 9.11. The summed E-state index contributed by atoms with van der Waals surface area (Å²) in [5.41, 5.74) is 4.11. The molecule has 0 bridgehead atoms. The first-order valence-electron chi connectivity index (χ1n) is 9.63. The standard InChI is InChI=1S/C25H19Br2FN2O2/c1-15-3-8-23(16(2)9-15)30-25(31)19(13-29)10-18-11-21(26)24(22(27)12-18)32-14-17-4-6-20(28)7-5-17/h3-12H,14H2,1-2H3,(H,30,31)/b19-10+. The summed E-state index contributed by atoms with van der Waals surface area (Å²) < 4.78 is 20.2. The van der Waals surface area contributed by atoms with E-state index in [0.29, 0.717) is 25.9 Å². The molecule has 3 aromatic carbocycles. The van der Waals surface area contributed by atoms with Gasteiger partial charge in [0, 0.05) is 5.69 Å². The third-order valence-electron chi connectivity index (χ3n) is 4.62. The Hall–Kier alpha value is -2.95. The number of rotatable bonds is 6. The predicted octanol–water partition coefficient (Wildman–Crippen LogP) is 7.09. The molecule has 0 fully saturated rings. The molecule has 0 aromatic heterocycles. The second-order valence-corrected chi connectivity index (χ2v) is 8.88. The number of hydrogen-bond acceptors (Lipinski definition) is 3. The number of nitrogens with one attached hydrogen (secondary N) is 1. The number of nitrogens with zero attached hydrogens (tertiary/aromatic N) is 1. The van der Waals surface area contributed by atoms with E-state index in [4.69, 9.17) is 4.74 Å². The first-order valence-corrected chi connectivity index (χ1v) is 11.2. The monoisotopic (exact) mass is 556 g/mol. The van der Waals surface area contributed by atoms with Crippen LogP contribution in [0.5, 0.6) is 5.75 Å². The van der Waals surface area contributed by atoms with Crippen LogP contribution < -0.4 is 10.1 Å². The van der Waals surface area contributed by atoms with E-state index in [1.54, 1.807) is 24.3 Å². The fourth-order valence-electron chi connectivity index (χ4n) is 3.00. The van der Waals surface area contributed by atoms with Crippen LogP contribution in [0.4, 0.5) is 10.1 Å². The van der Waals surface area contributed by atoms with E-state index in [1.165, 1.54) is 18.2 Å². The number of ether oxygens (including phenoxy) is 1. The van der Waals surface area contributed by atoms with Crippen LogP contribution in [0.15, 0.2) is 69.1 Å². The van der Waals surface area contributed by atoms with Crippen LogP contribution in [-0.4, -0.2) is 5.91 Å². The van der Waals surface area contributed by atoms with Crippen molar-refractivity contribution in [2.45, 2.75) is 20.5 Å². The molecule has 0 saturated heterocycles. The smallest absolute Gasteiger partial charge is 0.266 e. The van der Waals surface area contributed by atoms with E-state index in [-0.39, 0.29) is 18.0 Å². The molecule has 162 valence electrons. The van der Waals surface area contributed by atoms with Gasteiger partial charge in [-0.3, -0.25) is 4.79 Å². The lowest BCUT2D eigenvalue weighted by Gasteiger charge is -2.12. The lowest BCUT2D eigenvalue weighted by atomic mass is 10.1. The molecule has 3 rings (SSSR count). The molecule has 0 aliphatic carbocycles. The summed E-state index contributed by atoms with van der Waals surface area (Å²) >= 11 is 6.95. The van der Waals surface area contributed by atoms with Crippen molar-refractivity contribution in [2.75, 3.05) is 5.32 Å². The second kappa shape index (κ2) is 10.6. The van der Waals surface area contributed by atoms with Gasteiger partial charge in [-0.2, -0.15) is 5.26 Å². The Morgan fingerprint density at radius 3 is 2.34 bits per heavy atom. The van der Waals surface area contributed by atoms with E-state index in [2.05, 4.69) is 37.2 Å². The van der Waals surface area contributed by atoms with Gasteiger partial charge >= 0.3 is 0 Å². The van der Waals surface area contributed by atoms with Gasteiger partial charge < -0.3 is 10.1 Å². The molecule has 0 radical (unpaired) electrons. The van der Waals surface area contributed by atoms with E-state index in [1.807, 2.05) is 38.1 Å². The van der Waals surface area contributed by atoms with Crippen molar-refractivity contribution >= 4 is 49.5 Å². The van der Waals surface area contributed by atoms with Gasteiger partial charge in [-0.05, 0) is 98.8 Å². The Bertz CT molecular complexity index is 1210. The summed E-state index contributed by atoms with van der Waals surface area (Å²) in [6.45, 7) is 4.13. The zero-order valence-corrected chi connectivity index (χ0v) is 20.6. The highest BCUT2D eigenvalue weighted by Crippen LogP contribution is 2.36. The maximum atomic E-state index is 13.1. The van der Waals surface area contributed by atoms with E-state index in [0.717, 1.165) is 16.7 Å². The van der Waals surface area contributed by atoms with E-state index >= 15 is 0 Å². The molecule has 0 spiro atoms. The molecular formula is C25H19Br2FN2O2. The zero-order chi connectivity index (χ0) is 23.3. The molecule has 32 heavy (non-hydrogen) atoms. The quantitative estimate of drug-likeness (QED) is 0.260. The molecule has 1 N–H and O–H groups in total. The number of carbonyl (C=O) groups excluding carboxylic acids is 1. The Labute approximate surface area is 203 Å². The fourth-order valence-corrected chi connectivity index (χ4v) is 4.45. The minimum Gasteiger partial charge on any atom is -0.487 e. The summed E-state index contributed by atoms with van der Waals surface area (Å²) in [6, 6.07) is 17.2. The van der Waals surface area contributed by atoms with Crippen LogP contribution in [0.1, 0.15) is 22.3 Å². The molecule has 7 heteroatoms. The van der Waals surface area contributed by atoms with Crippen molar-refractivity contribution in [2.24, 2.45) is 0 Å². The number of halogens is 3. The number of benzene rings is 3. The highest BCUT2D eigenvalue weighted by atomic mass is 79.9. The number of carbonyl (C=O) groups is 1. The number of anilines is 1. The topological polar surface area (TPSA) is 62.1 Å². The average Bonchev–Trinajstić information content (AvgIpc) is 2.74. The lowest BCUT2D eigenvalue weighted by Crippen LogP contribution is -2.14. The zero-order valence-electron chi connectivity index (χ0n) is 17.4. The summed E-state index contributed by atoms with van der Waals surface area (Å²) in [7, 11) is 0. The normalized spacial score (nSPS) is 11.1. The summed E-state index contributed by atoms with van der Waals surface area (Å²) in [5.74, 6) is -0.227. The predicted molar refractivity (Wildman–Crippen MR) is 131 cm³/mol. The minimum absolute atomic E-state index is 0.0243. The average molecular weight is 558 g/mol. The number of hydrogen-bond donors (Lipinski definition) is 1. The Balaban J connectivity index is 1.77. The largest absolute Gasteiger partial charge is 0.487 e. The van der Waals surface area contributed by atoms with Gasteiger partial charge in [0.25, 0.3) is 5.91 Å². The second-order valence-electron chi connectivity index (χ2n) is 7.17. The molecule has 1 amide bonds. The van der Waals surface area contributed by atoms with Gasteiger partial charge in [0.05, 0.1) is 8.95 Å². The van der Waals surface area contributed by atoms with Crippen LogP contribution in [0.3, 0.4) is 0 Å². The molecule has 0 aliphatic heterocycles. The van der Waals surface area contributed by atoms with Gasteiger partial charge in [0.1, 0.15) is 29.8 Å². The molecule has 0 atom stereocenters. The first-order chi connectivity index (χ1) is 15.3. The minimum atomic E-state index is -0.483. The van der Waals surface area contributed by atoms with Crippen LogP contribution in [-0.2, 0) is 11.4 Å². The summed E-state index contributed by atoms with van der Waals surface area (Å²) in [6.07, 6.45) is 1.51. The number of amides is 1. The number of aryl methyl sites for hydroxylation is 2. The van der Waals surface area contributed by atoms with Crippen LogP contribution in [0.2, 0.25) is 0 Å². The SMILES string of the molecule is Cc1ccc(NC(=O)/C(C#N)=C/c2cc(Br)c(OCc3ccc(F)cc3)c(Br)c2)c(C)c1. The van der Waals surface area contributed by atoms with Crippen molar-refractivity contribution in [3.8, 4) is 11.8 Å². The van der Waals surface area contributed by atoms with Crippen LogP contribution in [0.25, 0.3) is 6.08 Å². The van der Waals surface area contributed by atoms with Gasteiger partial charge in [-0.15, -0.1) is 0 Å². The third-order valence-corrected chi connectivity index (χ3v) is 5.80. The van der Waals surface area contributed by atoms with Crippen molar-refractivity contribution in [1.82, 2.24) is 0 Å². The summed E-state index contributed by atoms with van der Waals surface area (Å²) in [4.78, 5) is 12.6. The molecular weight excluding hydrogens is 539 g/mol. The van der Waals surface area contributed by atoms with Crippen LogP contribution >= 0.6 is 31.9 Å².